The molecule has 2 N–H and O–H groups in total. The maximum atomic E-state index is 12.8. The minimum Gasteiger partial charge on any atom is -0.454 e. The van der Waals surface area contributed by atoms with Crippen LogP contribution in [0, 0.1) is 0 Å². The van der Waals surface area contributed by atoms with Gasteiger partial charge in [-0.05, 0) is 80.1 Å². The fourth-order valence-electron chi connectivity index (χ4n) is 4.83. The molecule has 0 aromatic heterocycles. The number of amides is 4. The maximum Gasteiger partial charge on any atom is 0.329 e. The molecular formula is C28H46N4O8. The van der Waals surface area contributed by atoms with Crippen LogP contribution < -0.4 is 10.6 Å². The van der Waals surface area contributed by atoms with Crippen molar-refractivity contribution >= 4 is 35.6 Å². The summed E-state index contributed by atoms with van der Waals surface area (Å²) < 4.78 is 10.3. The molecule has 4 amide bonds. The number of unbranched alkanes of at least 4 members (excludes halogenated alkanes) is 1. The molecule has 2 aliphatic heterocycles. The molecule has 12 heteroatoms. The highest BCUT2D eigenvalue weighted by Gasteiger charge is 2.37. The second-order valence-corrected chi connectivity index (χ2v) is 12.5. The topological polar surface area (TPSA) is 151 Å². The molecule has 2 heterocycles. The average molecular weight is 567 g/mol. The van der Waals surface area contributed by atoms with Crippen molar-refractivity contribution < 1.29 is 38.2 Å². The largest absolute Gasteiger partial charge is 0.454 e. The molecule has 0 aromatic carbocycles. The lowest BCUT2D eigenvalue weighted by Crippen LogP contribution is -2.45. The van der Waals surface area contributed by atoms with E-state index >= 15 is 0 Å². The Balaban J connectivity index is 1.73. The van der Waals surface area contributed by atoms with Crippen molar-refractivity contribution in [2.45, 2.75) is 116 Å². The molecule has 0 spiro atoms. The second-order valence-electron chi connectivity index (χ2n) is 12.5. The van der Waals surface area contributed by atoms with Crippen molar-refractivity contribution in [2.75, 3.05) is 26.3 Å². The molecule has 2 fully saturated rings. The maximum absolute atomic E-state index is 12.8. The number of rotatable bonds is 11. The second kappa shape index (κ2) is 14.5. The van der Waals surface area contributed by atoms with Crippen molar-refractivity contribution in [3.05, 3.63) is 0 Å². The van der Waals surface area contributed by atoms with Gasteiger partial charge in [-0.25, -0.2) is 9.59 Å². The van der Waals surface area contributed by atoms with E-state index in [1.54, 1.807) is 0 Å². The molecular weight excluding hydrogens is 520 g/mol. The molecule has 40 heavy (non-hydrogen) atoms. The van der Waals surface area contributed by atoms with Gasteiger partial charge in [0.25, 0.3) is 11.8 Å². The smallest absolute Gasteiger partial charge is 0.329 e. The van der Waals surface area contributed by atoms with Crippen LogP contribution in [0.2, 0.25) is 0 Å². The Labute approximate surface area is 236 Å². The van der Waals surface area contributed by atoms with Crippen LogP contribution in [0.4, 0.5) is 0 Å². The van der Waals surface area contributed by atoms with Crippen molar-refractivity contribution in [3.63, 3.8) is 0 Å². The Morgan fingerprint density at radius 1 is 0.650 bits per heavy atom. The Morgan fingerprint density at radius 3 is 1.32 bits per heavy atom. The first kappa shape index (κ1) is 33.0. The predicted octanol–water partition coefficient (Wildman–Crippen LogP) is 1.44. The molecule has 2 aliphatic rings. The van der Waals surface area contributed by atoms with Gasteiger partial charge in [0.15, 0.2) is 13.2 Å². The van der Waals surface area contributed by atoms with Crippen LogP contribution in [0.25, 0.3) is 0 Å². The molecule has 0 aromatic rings. The van der Waals surface area contributed by atoms with Gasteiger partial charge in [0.1, 0.15) is 12.1 Å². The number of likely N-dealkylation sites (tertiary alicyclic amines) is 2. The van der Waals surface area contributed by atoms with Crippen molar-refractivity contribution in [1.82, 2.24) is 20.4 Å². The van der Waals surface area contributed by atoms with E-state index in [1.165, 1.54) is 9.80 Å². The van der Waals surface area contributed by atoms with Crippen molar-refractivity contribution in [1.29, 1.82) is 0 Å². The molecule has 2 saturated heterocycles. The van der Waals surface area contributed by atoms with Crippen LogP contribution in [0.1, 0.15) is 92.9 Å². The average Bonchev–Trinajstić information content (AvgIpc) is 3.51. The fraction of sp³-hybridized carbons (Fsp3) is 0.786. The quantitative estimate of drug-likeness (QED) is 0.282. The lowest BCUT2D eigenvalue weighted by atomic mass is 10.1. The summed E-state index contributed by atoms with van der Waals surface area (Å²) in [5.74, 6) is -2.37. The van der Waals surface area contributed by atoms with E-state index in [4.69, 9.17) is 9.47 Å². The number of carbonyl (C=O) groups is 6. The molecule has 1 unspecified atom stereocenters. The zero-order valence-corrected chi connectivity index (χ0v) is 24.8. The minimum absolute atomic E-state index is 0.177. The van der Waals surface area contributed by atoms with Crippen LogP contribution in [0.3, 0.4) is 0 Å². The SMILES string of the molecule is CC(C)(C)NC(=O)COC(=O)C1CCCN1C(=O)CCCCC(=O)N1CCC[C@@H]1C(=O)OCC(=O)NC(C)(C)C. The monoisotopic (exact) mass is 566 g/mol. The van der Waals surface area contributed by atoms with Gasteiger partial charge >= 0.3 is 11.9 Å². The molecule has 0 saturated carbocycles. The van der Waals surface area contributed by atoms with Crippen LogP contribution >= 0.6 is 0 Å². The molecule has 2 rings (SSSR count). The first-order valence-electron chi connectivity index (χ1n) is 14.1. The third-order valence-electron chi connectivity index (χ3n) is 6.44. The van der Waals surface area contributed by atoms with Gasteiger partial charge in [-0.15, -0.1) is 0 Å². The summed E-state index contributed by atoms with van der Waals surface area (Å²) in [5.41, 5.74) is -0.882. The summed E-state index contributed by atoms with van der Waals surface area (Å²) in [5, 5.41) is 5.44. The highest BCUT2D eigenvalue weighted by molar-refractivity contribution is 5.88. The Morgan fingerprint density at radius 2 is 1.00 bits per heavy atom. The van der Waals surface area contributed by atoms with Crippen molar-refractivity contribution in [3.8, 4) is 0 Å². The van der Waals surface area contributed by atoms with Crippen LogP contribution in [0.5, 0.6) is 0 Å². The number of hydrogen-bond acceptors (Lipinski definition) is 8. The Kier molecular flexibility index (Phi) is 11.9. The van der Waals surface area contributed by atoms with Gasteiger partial charge in [-0.3, -0.25) is 19.2 Å². The van der Waals surface area contributed by atoms with Gasteiger partial charge in [0.2, 0.25) is 11.8 Å². The summed E-state index contributed by atoms with van der Waals surface area (Å²) in [7, 11) is 0. The highest BCUT2D eigenvalue weighted by atomic mass is 16.5. The third-order valence-corrected chi connectivity index (χ3v) is 6.44. The van der Waals surface area contributed by atoms with Gasteiger partial charge in [0.05, 0.1) is 0 Å². The number of hydrogen-bond donors (Lipinski definition) is 2. The zero-order valence-electron chi connectivity index (χ0n) is 24.8. The van der Waals surface area contributed by atoms with Gasteiger partial charge < -0.3 is 29.9 Å². The first-order valence-corrected chi connectivity index (χ1v) is 14.1. The van der Waals surface area contributed by atoms with E-state index in [9.17, 15) is 28.8 Å². The zero-order chi connectivity index (χ0) is 30.1. The molecule has 0 radical (unpaired) electrons. The lowest BCUT2D eigenvalue weighted by Gasteiger charge is -2.25. The normalized spacial score (nSPS) is 19.2. The van der Waals surface area contributed by atoms with E-state index in [2.05, 4.69) is 10.6 Å². The summed E-state index contributed by atoms with van der Waals surface area (Å²) in [4.78, 5) is 77.5. The van der Waals surface area contributed by atoms with Gasteiger partial charge in [-0.1, -0.05) is 0 Å². The molecule has 2 atom stereocenters. The standard InChI is InChI=1S/C28H46N4O8/c1-27(2,3)29-21(33)17-39-25(37)19-11-9-15-31(19)23(35)13-7-8-14-24(36)32-16-10-12-20(32)26(38)40-18-22(34)30-28(4,5)6/h19-20H,7-18H2,1-6H3,(H,29,33)(H,30,34)/t19-,20?/m1/s1. The first-order chi connectivity index (χ1) is 18.6. The van der Waals surface area contributed by atoms with Crippen LogP contribution in [0.15, 0.2) is 0 Å². The van der Waals surface area contributed by atoms with E-state index in [0.717, 1.165) is 0 Å². The predicted molar refractivity (Wildman–Crippen MR) is 146 cm³/mol. The minimum atomic E-state index is -0.710. The molecule has 0 bridgehead atoms. The summed E-state index contributed by atoms with van der Waals surface area (Å²) in [6, 6.07) is -1.42. The number of nitrogens with zero attached hydrogens (tertiary/aromatic N) is 2. The van der Waals surface area contributed by atoms with E-state index in [0.29, 0.717) is 51.6 Å². The van der Waals surface area contributed by atoms with Gasteiger partial charge in [-0.2, -0.15) is 0 Å². The van der Waals surface area contributed by atoms with Crippen LogP contribution in [-0.2, 0) is 38.2 Å². The lowest BCUT2D eigenvalue weighted by molar-refractivity contribution is -0.156. The summed E-state index contributed by atoms with van der Waals surface area (Å²) in [6.07, 6.45) is 3.55. The van der Waals surface area contributed by atoms with Crippen molar-refractivity contribution in [2.24, 2.45) is 0 Å². The molecule has 0 aliphatic carbocycles. The number of esters is 2. The third kappa shape index (κ3) is 11.1. The molecule has 226 valence electrons. The molecule has 12 nitrogen and oxygen atoms in total. The summed E-state index contributed by atoms with van der Waals surface area (Å²) >= 11 is 0. The highest BCUT2D eigenvalue weighted by Crippen LogP contribution is 2.22. The number of carbonyl (C=O) groups excluding carboxylic acids is 6. The fourth-order valence-corrected chi connectivity index (χ4v) is 4.83. The summed E-state index contributed by atoms with van der Waals surface area (Å²) in [6.45, 7) is 11.0. The van der Waals surface area contributed by atoms with Crippen LogP contribution in [-0.4, -0.2) is 94.8 Å². The van der Waals surface area contributed by atoms with Gasteiger partial charge in [0, 0.05) is 37.0 Å². The van der Waals surface area contributed by atoms with E-state index in [1.807, 2.05) is 41.5 Å². The van der Waals surface area contributed by atoms with E-state index in [-0.39, 0.29) is 24.7 Å². The number of nitrogens with one attached hydrogen (secondary N) is 2. The number of ether oxygens (including phenoxy) is 2. The van der Waals surface area contributed by atoms with E-state index < -0.39 is 60.1 Å². The Bertz CT molecular complexity index is 877. The Hall–Kier alpha value is -3.18.